The number of halogens is 1. The van der Waals surface area contributed by atoms with Crippen LogP contribution in [-0.4, -0.2) is 20.7 Å². The van der Waals surface area contributed by atoms with Crippen molar-refractivity contribution in [2.24, 2.45) is 7.05 Å². The number of nitrogens with zero attached hydrogens (tertiary/aromatic N) is 3. The lowest BCUT2D eigenvalue weighted by Crippen LogP contribution is -2.13. The molecule has 5 nitrogen and oxygen atoms in total. The summed E-state index contributed by atoms with van der Waals surface area (Å²) in [5.41, 5.74) is 3.65. The molecule has 0 atom stereocenters. The second-order valence-corrected chi connectivity index (χ2v) is 6.10. The number of nitrogens with one attached hydrogen (secondary N) is 1. The molecule has 0 spiro atoms. The fourth-order valence-electron chi connectivity index (χ4n) is 2.48. The molecular weight excluding hydrogens is 344 g/mol. The van der Waals surface area contributed by atoms with E-state index >= 15 is 0 Å². The quantitative estimate of drug-likeness (QED) is 0.761. The number of fused-ring (bicyclic) bond motifs is 1. The third-order valence-electron chi connectivity index (χ3n) is 3.44. The summed E-state index contributed by atoms with van der Waals surface area (Å²) in [6.45, 7) is 3.76. The van der Waals surface area contributed by atoms with E-state index in [0.29, 0.717) is 5.56 Å². The van der Waals surface area contributed by atoms with Gasteiger partial charge in [-0.1, -0.05) is 15.9 Å². The lowest BCUT2D eigenvalue weighted by Gasteiger charge is -2.08. The fraction of sp³-hybridized carbons (Fsp3) is 0.188. The summed E-state index contributed by atoms with van der Waals surface area (Å²) in [7, 11) is 1.83. The molecule has 0 unspecified atom stereocenters. The zero-order chi connectivity index (χ0) is 15.9. The van der Waals surface area contributed by atoms with E-state index in [4.69, 9.17) is 0 Å². The Kier molecular flexibility index (Phi) is 3.70. The number of hydrogen-bond acceptors (Lipinski definition) is 3. The predicted octanol–water partition coefficient (Wildman–Crippen LogP) is 3.60. The van der Waals surface area contributed by atoms with Crippen LogP contribution in [0, 0.1) is 13.8 Å². The SMILES string of the molecule is Cc1cc(C(=O)Nc2ccc(Br)cc2)c2c(C)nn(C)c2n1. The van der Waals surface area contributed by atoms with Crippen molar-refractivity contribution in [1.82, 2.24) is 14.8 Å². The molecule has 0 aliphatic carbocycles. The second-order valence-electron chi connectivity index (χ2n) is 5.18. The fourth-order valence-corrected chi connectivity index (χ4v) is 2.75. The van der Waals surface area contributed by atoms with Gasteiger partial charge in [0.05, 0.1) is 16.6 Å². The van der Waals surface area contributed by atoms with Gasteiger partial charge in [-0.2, -0.15) is 5.10 Å². The van der Waals surface area contributed by atoms with E-state index in [1.54, 1.807) is 10.7 Å². The van der Waals surface area contributed by atoms with Gasteiger partial charge >= 0.3 is 0 Å². The smallest absolute Gasteiger partial charge is 0.256 e. The highest BCUT2D eigenvalue weighted by Gasteiger charge is 2.17. The van der Waals surface area contributed by atoms with E-state index in [9.17, 15) is 4.79 Å². The number of rotatable bonds is 2. The molecule has 2 heterocycles. The lowest BCUT2D eigenvalue weighted by atomic mass is 10.1. The van der Waals surface area contributed by atoms with Crippen LogP contribution in [0.15, 0.2) is 34.8 Å². The summed E-state index contributed by atoms with van der Waals surface area (Å²) in [5.74, 6) is -0.158. The topological polar surface area (TPSA) is 59.8 Å². The van der Waals surface area contributed by atoms with E-state index in [1.807, 2.05) is 45.2 Å². The van der Waals surface area contributed by atoms with Crippen molar-refractivity contribution in [3.63, 3.8) is 0 Å². The van der Waals surface area contributed by atoms with Crippen LogP contribution in [-0.2, 0) is 7.05 Å². The maximum atomic E-state index is 12.6. The summed E-state index contributed by atoms with van der Waals surface area (Å²) >= 11 is 3.38. The molecule has 0 aliphatic rings. The minimum Gasteiger partial charge on any atom is -0.322 e. The van der Waals surface area contributed by atoms with Crippen LogP contribution in [0.2, 0.25) is 0 Å². The van der Waals surface area contributed by atoms with Gasteiger partial charge in [0.2, 0.25) is 0 Å². The average molecular weight is 359 g/mol. The van der Waals surface area contributed by atoms with Gasteiger partial charge in [0.15, 0.2) is 5.65 Å². The van der Waals surface area contributed by atoms with Gasteiger partial charge in [-0.05, 0) is 44.2 Å². The highest BCUT2D eigenvalue weighted by atomic mass is 79.9. The number of aryl methyl sites for hydroxylation is 3. The van der Waals surface area contributed by atoms with Crippen LogP contribution in [0.4, 0.5) is 5.69 Å². The number of amides is 1. The number of anilines is 1. The summed E-state index contributed by atoms with van der Waals surface area (Å²) in [6, 6.07) is 9.27. The number of carbonyl (C=O) groups excluding carboxylic acids is 1. The number of pyridine rings is 1. The normalized spacial score (nSPS) is 10.9. The Bertz CT molecular complexity index is 868. The Morgan fingerprint density at radius 1 is 1.23 bits per heavy atom. The Hall–Kier alpha value is -2.21. The maximum absolute atomic E-state index is 12.6. The van der Waals surface area contributed by atoms with Gasteiger partial charge in [0.25, 0.3) is 5.91 Å². The van der Waals surface area contributed by atoms with Crippen LogP contribution in [0.5, 0.6) is 0 Å². The van der Waals surface area contributed by atoms with Crippen LogP contribution in [0.1, 0.15) is 21.7 Å². The zero-order valence-corrected chi connectivity index (χ0v) is 14.1. The van der Waals surface area contributed by atoms with E-state index in [-0.39, 0.29) is 5.91 Å². The second kappa shape index (κ2) is 5.53. The number of aromatic nitrogens is 3. The number of carbonyl (C=O) groups is 1. The standard InChI is InChI=1S/C16H15BrN4O/c1-9-8-13(14-10(2)20-21(3)15(14)18-9)16(22)19-12-6-4-11(17)5-7-12/h4-8H,1-3H3,(H,19,22). The first-order chi connectivity index (χ1) is 10.5. The largest absolute Gasteiger partial charge is 0.322 e. The molecule has 0 fully saturated rings. The molecule has 112 valence electrons. The molecule has 3 aromatic rings. The van der Waals surface area contributed by atoms with Crippen molar-refractivity contribution in [2.75, 3.05) is 5.32 Å². The van der Waals surface area contributed by atoms with Crippen LogP contribution in [0.25, 0.3) is 11.0 Å². The maximum Gasteiger partial charge on any atom is 0.256 e. The van der Waals surface area contributed by atoms with Crippen molar-refractivity contribution < 1.29 is 4.79 Å². The van der Waals surface area contributed by atoms with E-state index in [1.165, 1.54) is 0 Å². The molecule has 22 heavy (non-hydrogen) atoms. The third kappa shape index (κ3) is 2.62. The van der Waals surface area contributed by atoms with Gasteiger partial charge in [0, 0.05) is 22.9 Å². The Morgan fingerprint density at radius 2 is 1.91 bits per heavy atom. The van der Waals surface area contributed by atoms with Crippen molar-refractivity contribution in [2.45, 2.75) is 13.8 Å². The molecular formula is C16H15BrN4O. The first-order valence-corrected chi connectivity index (χ1v) is 7.63. The van der Waals surface area contributed by atoms with Crippen molar-refractivity contribution in [1.29, 1.82) is 0 Å². The Labute approximate surface area is 136 Å². The molecule has 0 bridgehead atoms. The third-order valence-corrected chi connectivity index (χ3v) is 3.97. The molecule has 1 amide bonds. The van der Waals surface area contributed by atoms with Crippen molar-refractivity contribution >= 4 is 38.6 Å². The number of benzene rings is 1. The average Bonchev–Trinajstić information content (AvgIpc) is 2.75. The molecule has 6 heteroatoms. The first kappa shape index (κ1) is 14.7. The van der Waals surface area contributed by atoms with Crippen molar-refractivity contribution in [3.05, 3.63) is 51.8 Å². The van der Waals surface area contributed by atoms with Crippen molar-refractivity contribution in [3.8, 4) is 0 Å². The molecule has 0 aliphatic heterocycles. The minimum atomic E-state index is -0.158. The summed E-state index contributed by atoms with van der Waals surface area (Å²) in [5, 5.41) is 8.07. The minimum absolute atomic E-state index is 0.158. The molecule has 1 aromatic carbocycles. The van der Waals surface area contributed by atoms with Gasteiger partial charge in [-0.25, -0.2) is 4.98 Å². The molecule has 2 aromatic heterocycles. The molecule has 0 saturated heterocycles. The molecule has 0 radical (unpaired) electrons. The highest BCUT2D eigenvalue weighted by Crippen LogP contribution is 2.23. The van der Waals surface area contributed by atoms with Crippen LogP contribution in [0.3, 0.4) is 0 Å². The van der Waals surface area contributed by atoms with E-state index < -0.39 is 0 Å². The molecule has 1 N–H and O–H groups in total. The Balaban J connectivity index is 2.05. The monoisotopic (exact) mass is 358 g/mol. The molecule has 0 saturated carbocycles. The van der Waals surface area contributed by atoms with Gasteiger partial charge in [-0.15, -0.1) is 0 Å². The summed E-state index contributed by atoms with van der Waals surface area (Å²) in [4.78, 5) is 17.1. The first-order valence-electron chi connectivity index (χ1n) is 6.83. The van der Waals surface area contributed by atoms with Gasteiger partial charge in [0.1, 0.15) is 0 Å². The summed E-state index contributed by atoms with van der Waals surface area (Å²) < 4.78 is 2.67. The van der Waals surface area contributed by atoms with E-state index in [2.05, 4.69) is 31.3 Å². The van der Waals surface area contributed by atoms with Crippen LogP contribution < -0.4 is 5.32 Å². The predicted molar refractivity (Wildman–Crippen MR) is 90.1 cm³/mol. The highest BCUT2D eigenvalue weighted by molar-refractivity contribution is 9.10. The Morgan fingerprint density at radius 3 is 2.59 bits per heavy atom. The van der Waals surface area contributed by atoms with E-state index in [0.717, 1.165) is 32.6 Å². The molecule has 3 rings (SSSR count). The number of hydrogen-bond donors (Lipinski definition) is 1. The summed E-state index contributed by atoms with van der Waals surface area (Å²) in [6.07, 6.45) is 0. The van der Waals surface area contributed by atoms with Gasteiger partial charge < -0.3 is 5.32 Å². The lowest BCUT2D eigenvalue weighted by molar-refractivity contribution is 0.102. The zero-order valence-electron chi connectivity index (χ0n) is 12.5. The van der Waals surface area contributed by atoms with Crippen LogP contribution >= 0.6 is 15.9 Å². The van der Waals surface area contributed by atoms with Gasteiger partial charge in [-0.3, -0.25) is 9.48 Å².